The van der Waals surface area contributed by atoms with E-state index in [1.807, 2.05) is 36.4 Å². The summed E-state index contributed by atoms with van der Waals surface area (Å²) in [7, 11) is -2.30. The Labute approximate surface area is 78.4 Å². The second kappa shape index (κ2) is 5.27. The van der Waals surface area contributed by atoms with Crippen molar-refractivity contribution in [2.75, 3.05) is 6.54 Å². The molecule has 0 aliphatic carbocycles. The molecule has 0 saturated carbocycles. The summed E-state index contributed by atoms with van der Waals surface area (Å²) in [5, 5.41) is 0. The van der Waals surface area contributed by atoms with Gasteiger partial charge in [0, 0.05) is 0 Å². The van der Waals surface area contributed by atoms with Crippen LogP contribution in [0.25, 0.3) is 6.08 Å². The highest BCUT2D eigenvalue weighted by Gasteiger charge is 1.80. The third kappa shape index (κ3) is 4.22. The highest BCUT2D eigenvalue weighted by Crippen LogP contribution is 2.00. The zero-order chi connectivity index (χ0) is 9.52. The van der Waals surface area contributed by atoms with Gasteiger partial charge in [0.1, 0.15) is 0 Å². The Morgan fingerprint density at radius 2 is 1.92 bits per heavy atom. The topological polar surface area (TPSA) is 46.5 Å². The minimum Gasteiger partial charge on any atom is -0.168 e. The van der Waals surface area contributed by atoms with Crippen LogP contribution < -0.4 is 0 Å². The summed E-state index contributed by atoms with van der Waals surface area (Å²) in [4.78, 5) is 0. The van der Waals surface area contributed by atoms with Crippen LogP contribution in [-0.4, -0.2) is 15.0 Å². The zero-order valence-electron chi connectivity index (χ0n) is 6.92. The Hall–Kier alpha value is -1.42. The summed E-state index contributed by atoms with van der Waals surface area (Å²) in [6.07, 6.45) is 3.53. The maximum Gasteiger partial charge on any atom is 0.311 e. The van der Waals surface area contributed by atoms with E-state index < -0.39 is 10.5 Å². The van der Waals surface area contributed by atoms with Gasteiger partial charge in [-0.05, 0) is 5.56 Å². The highest BCUT2D eigenvalue weighted by atomic mass is 32.2. The van der Waals surface area contributed by atoms with Crippen molar-refractivity contribution in [2.45, 2.75) is 0 Å². The first kappa shape index (κ1) is 9.67. The molecule has 0 aliphatic heterocycles. The molecule has 0 heterocycles. The first-order valence-electron chi connectivity index (χ1n) is 3.77. The fraction of sp³-hybridized carbons (Fsp3) is 0.111. The molecule has 13 heavy (non-hydrogen) atoms. The van der Waals surface area contributed by atoms with Crippen molar-refractivity contribution in [2.24, 2.45) is 4.36 Å². The van der Waals surface area contributed by atoms with Crippen LogP contribution in [0.4, 0.5) is 0 Å². The Kier molecular flexibility index (Phi) is 3.92. The maximum atomic E-state index is 10.0. The minimum atomic E-state index is -2.30. The Morgan fingerprint density at radius 3 is 2.54 bits per heavy atom. The molecule has 0 unspecified atom stereocenters. The zero-order valence-corrected chi connectivity index (χ0v) is 7.74. The van der Waals surface area contributed by atoms with E-state index in [4.69, 9.17) is 0 Å². The Balaban J connectivity index is 2.55. The lowest BCUT2D eigenvalue weighted by molar-refractivity contribution is 0.621. The lowest BCUT2D eigenvalue weighted by Crippen LogP contribution is -1.72. The summed E-state index contributed by atoms with van der Waals surface area (Å²) in [5.41, 5.74) is 1.04. The maximum absolute atomic E-state index is 10.0. The molecule has 0 N–H and O–H groups in total. The standard InChI is InChI=1S/C9H9NO2S/c11-13(12)10-8-4-7-9-5-2-1-3-6-9/h1-7H,8H2. The summed E-state index contributed by atoms with van der Waals surface area (Å²) in [6, 6.07) is 9.63. The predicted molar refractivity (Wildman–Crippen MR) is 51.7 cm³/mol. The summed E-state index contributed by atoms with van der Waals surface area (Å²) >= 11 is 0. The van der Waals surface area contributed by atoms with Crippen LogP contribution in [-0.2, 0) is 10.5 Å². The summed E-state index contributed by atoms with van der Waals surface area (Å²) in [5.74, 6) is 0. The largest absolute Gasteiger partial charge is 0.311 e. The van der Waals surface area contributed by atoms with Gasteiger partial charge in [-0.25, -0.2) is 0 Å². The van der Waals surface area contributed by atoms with Crippen molar-refractivity contribution >= 4 is 16.6 Å². The smallest absolute Gasteiger partial charge is 0.168 e. The van der Waals surface area contributed by atoms with Crippen molar-refractivity contribution < 1.29 is 8.42 Å². The second-order valence-corrected chi connectivity index (χ2v) is 3.03. The Bertz CT molecular complexity index is 399. The molecule has 0 radical (unpaired) electrons. The number of benzene rings is 1. The van der Waals surface area contributed by atoms with Gasteiger partial charge >= 0.3 is 10.5 Å². The molecular weight excluding hydrogens is 186 g/mol. The SMILES string of the molecule is O=S(=O)=NCC=Cc1ccccc1. The molecule has 0 atom stereocenters. The molecule has 0 aromatic heterocycles. The molecule has 3 nitrogen and oxygen atoms in total. The van der Waals surface area contributed by atoms with Crippen LogP contribution >= 0.6 is 0 Å². The van der Waals surface area contributed by atoms with E-state index in [2.05, 4.69) is 4.36 Å². The van der Waals surface area contributed by atoms with Crippen LogP contribution in [0.3, 0.4) is 0 Å². The number of hydrogen-bond acceptors (Lipinski definition) is 3. The molecule has 1 aromatic carbocycles. The quantitative estimate of drug-likeness (QED) is 0.737. The lowest BCUT2D eigenvalue weighted by Gasteiger charge is -1.88. The minimum absolute atomic E-state index is 0.199. The number of nitrogens with zero attached hydrogens (tertiary/aromatic N) is 1. The van der Waals surface area contributed by atoms with Crippen molar-refractivity contribution in [3.63, 3.8) is 0 Å². The second-order valence-electron chi connectivity index (χ2n) is 2.34. The van der Waals surface area contributed by atoms with Gasteiger partial charge < -0.3 is 0 Å². The first-order chi connectivity index (χ1) is 6.29. The molecule has 0 fully saturated rings. The monoisotopic (exact) mass is 195 g/mol. The molecule has 0 aliphatic rings. The van der Waals surface area contributed by atoms with E-state index in [0.717, 1.165) is 5.56 Å². The van der Waals surface area contributed by atoms with E-state index >= 15 is 0 Å². The third-order valence-corrected chi connectivity index (χ3v) is 1.76. The van der Waals surface area contributed by atoms with Gasteiger partial charge in [-0.2, -0.15) is 12.8 Å². The Morgan fingerprint density at radius 1 is 1.23 bits per heavy atom. The first-order valence-corrected chi connectivity index (χ1v) is 4.80. The average molecular weight is 195 g/mol. The van der Waals surface area contributed by atoms with E-state index in [1.165, 1.54) is 0 Å². The summed E-state index contributed by atoms with van der Waals surface area (Å²) < 4.78 is 23.3. The molecule has 0 spiro atoms. The normalized spacial score (nSPS) is 10.2. The van der Waals surface area contributed by atoms with Gasteiger partial charge in [0.05, 0.1) is 6.54 Å². The van der Waals surface area contributed by atoms with Crippen LogP contribution in [0.5, 0.6) is 0 Å². The number of rotatable bonds is 3. The summed E-state index contributed by atoms with van der Waals surface area (Å²) in [6.45, 7) is 0.199. The van der Waals surface area contributed by atoms with Gasteiger partial charge in [-0.1, -0.05) is 42.5 Å². The molecule has 1 rings (SSSR count). The fourth-order valence-electron chi connectivity index (χ4n) is 0.857. The molecule has 1 aromatic rings. The number of hydrogen-bond donors (Lipinski definition) is 0. The molecule has 4 heteroatoms. The van der Waals surface area contributed by atoms with E-state index in [1.54, 1.807) is 6.08 Å². The van der Waals surface area contributed by atoms with E-state index in [-0.39, 0.29) is 6.54 Å². The van der Waals surface area contributed by atoms with Gasteiger partial charge in [0.15, 0.2) is 0 Å². The molecule has 0 amide bonds. The van der Waals surface area contributed by atoms with Gasteiger partial charge in [0.25, 0.3) is 0 Å². The fourth-order valence-corrected chi connectivity index (χ4v) is 1.06. The molecule has 0 saturated heterocycles. The van der Waals surface area contributed by atoms with Gasteiger partial charge in [-0.3, -0.25) is 0 Å². The predicted octanol–water partition coefficient (Wildman–Crippen LogP) is 1.76. The van der Waals surface area contributed by atoms with Crippen LogP contribution in [0.1, 0.15) is 5.56 Å². The van der Waals surface area contributed by atoms with Gasteiger partial charge in [0.2, 0.25) is 0 Å². The van der Waals surface area contributed by atoms with Crippen molar-refractivity contribution in [3.8, 4) is 0 Å². The third-order valence-electron chi connectivity index (χ3n) is 1.40. The van der Waals surface area contributed by atoms with Crippen molar-refractivity contribution in [3.05, 3.63) is 42.0 Å². The van der Waals surface area contributed by atoms with Crippen molar-refractivity contribution in [1.29, 1.82) is 0 Å². The van der Waals surface area contributed by atoms with Crippen LogP contribution in [0.15, 0.2) is 40.8 Å². The molecule has 68 valence electrons. The molecular formula is C9H9NO2S. The van der Waals surface area contributed by atoms with Crippen molar-refractivity contribution in [1.82, 2.24) is 0 Å². The average Bonchev–Trinajstić information content (AvgIpc) is 2.14. The van der Waals surface area contributed by atoms with E-state index in [0.29, 0.717) is 0 Å². The highest BCUT2D eigenvalue weighted by molar-refractivity contribution is 7.61. The lowest BCUT2D eigenvalue weighted by atomic mass is 10.2. The van der Waals surface area contributed by atoms with Gasteiger partial charge in [-0.15, -0.1) is 0 Å². The van der Waals surface area contributed by atoms with Crippen LogP contribution in [0.2, 0.25) is 0 Å². The molecule has 0 bridgehead atoms. The van der Waals surface area contributed by atoms with Crippen LogP contribution in [0, 0.1) is 0 Å². The van der Waals surface area contributed by atoms with E-state index in [9.17, 15) is 8.42 Å².